The SMILES string of the molecule is CCOC(=O)C(CC)(C1CCCCC1)C(C(=O)O)C(C)C. The molecule has 2 unspecified atom stereocenters. The van der Waals surface area contributed by atoms with E-state index in [2.05, 4.69) is 0 Å². The van der Waals surface area contributed by atoms with Crippen molar-refractivity contribution in [3.63, 3.8) is 0 Å². The van der Waals surface area contributed by atoms with Gasteiger partial charge >= 0.3 is 11.9 Å². The second kappa shape index (κ2) is 7.81. The highest BCUT2D eigenvalue weighted by Gasteiger charge is 2.55. The van der Waals surface area contributed by atoms with Gasteiger partial charge in [-0.05, 0) is 38.0 Å². The van der Waals surface area contributed by atoms with E-state index in [0.717, 1.165) is 25.7 Å². The van der Waals surface area contributed by atoms with Crippen LogP contribution in [0.4, 0.5) is 0 Å². The standard InChI is InChI=1S/C17H30O4/c1-5-17(16(20)21-6-2,13-10-8-7-9-11-13)14(12(3)4)15(18)19/h12-14H,5-11H2,1-4H3,(H,18,19). The molecule has 1 saturated carbocycles. The molecule has 0 radical (unpaired) electrons. The first-order valence-electron chi connectivity index (χ1n) is 8.31. The van der Waals surface area contributed by atoms with Crippen LogP contribution in [0.1, 0.15) is 66.2 Å². The third kappa shape index (κ3) is 3.58. The number of carboxylic acid groups (broad SMARTS) is 1. The molecule has 0 aromatic carbocycles. The van der Waals surface area contributed by atoms with E-state index in [0.29, 0.717) is 13.0 Å². The van der Waals surface area contributed by atoms with Gasteiger partial charge in [0, 0.05) is 0 Å². The summed E-state index contributed by atoms with van der Waals surface area (Å²) in [4.78, 5) is 24.7. The molecule has 1 N–H and O–H groups in total. The summed E-state index contributed by atoms with van der Waals surface area (Å²) >= 11 is 0. The first kappa shape index (κ1) is 18.0. The zero-order chi connectivity index (χ0) is 16.0. The fourth-order valence-electron chi connectivity index (χ4n) is 4.18. The summed E-state index contributed by atoms with van der Waals surface area (Å²) < 4.78 is 5.33. The Bertz CT molecular complexity index is 358. The van der Waals surface area contributed by atoms with Crippen molar-refractivity contribution >= 4 is 11.9 Å². The Morgan fingerprint density at radius 1 is 1.19 bits per heavy atom. The minimum Gasteiger partial charge on any atom is -0.481 e. The van der Waals surface area contributed by atoms with E-state index in [4.69, 9.17) is 4.74 Å². The van der Waals surface area contributed by atoms with Gasteiger partial charge in [-0.15, -0.1) is 0 Å². The van der Waals surface area contributed by atoms with Crippen molar-refractivity contribution in [2.75, 3.05) is 6.61 Å². The van der Waals surface area contributed by atoms with E-state index in [-0.39, 0.29) is 17.8 Å². The fraction of sp³-hybridized carbons (Fsp3) is 0.882. The van der Waals surface area contributed by atoms with Crippen LogP contribution in [0.15, 0.2) is 0 Å². The van der Waals surface area contributed by atoms with E-state index in [1.165, 1.54) is 6.42 Å². The van der Waals surface area contributed by atoms with Crippen molar-refractivity contribution in [3.8, 4) is 0 Å². The quantitative estimate of drug-likeness (QED) is 0.724. The van der Waals surface area contributed by atoms with Crippen LogP contribution in [0.2, 0.25) is 0 Å². The van der Waals surface area contributed by atoms with Crippen LogP contribution in [0.5, 0.6) is 0 Å². The number of rotatable bonds is 7. The Morgan fingerprint density at radius 3 is 2.14 bits per heavy atom. The summed E-state index contributed by atoms with van der Waals surface area (Å²) in [5.74, 6) is -1.82. The highest BCUT2D eigenvalue weighted by molar-refractivity contribution is 5.85. The van der Waals surface area contributed by atoms with E-state index in [1.807, 2.05) is 20.8 Å². The van der Waals surface area contributed by atoms with Crippen molar-refractivity contribution < 1.29 is 19.4 Å². The van der Waals surface area contributed by atoms with Gasteiger partial charge in [-0.1, -0.05) is 40.0 Å². The molecule has 21 heavy (non-hydrogen) atoms. The minimum absolute atomic E-state index is 0.0891. The zero-order valence-corrected chi connectivity index (χ0v) is 13.9. The highest BCUT2D eigenvalue weighted by atomic mass is 16.5. The molecule has 0 saturated heterocycles. The van der Waals surface area contributed by atoms with Gasteiger partial charge in [0.15, 0.2) is 0 Å². The molecule has 1 rings (SSSR count). The molecule has 1 aliphatic carbocycles. The molecule has 0 aromatic rings. The molecule has 0 aliphatic heterocycles. The van der Waals surface area contributed by atoms with E-state index in [1.54, 1.807) is 6.92 Å². The van der Waals surface area contributed by atoms with E-state index in [9.17, 15) is 14.7 Å². The summed E-state index contributed by atoms with van der Waals surface area (Å²) in [5, 5.41) is 9.75. The molecule has 1 aliphatic rings. The normalized spacial score (nSPS) is 20.8. The van der Waals surface area contributed by atoms with Gasteiger partial charge in [0.1, 0.15) is 0 Å². The van der Waals surface area contributed by atoms with Crippen molar-refractivity contribution in [1.29, 1.82) is 0 Å². The predicted octanol–water partition coefficient (Wildman–Crippen LogP) is 3.88. The number of carbonyl (C=O) groups excluding carboxylic acids is 1. The Hall–Kier alpha value is -1.06. The monoisotopic (exact) mass is 298 g/mol. The molecule has 0 aromatic heterocycles. The smallest absolute Gasteiger partial charge is 0.313 e. The lowest BCUT2D eigenvalue weighted by Crippen LogP contribution is -2.51. The third-order valence-electron chi connectivity index (χ3n) is 5.06. The number of aliphatic carboxylic acids is 1. The van der Waals surface area contributed by atoms with Crippen LogP contribution in [0, 0.1) is 23.2 Å². The zero-order valence-electron chi connectivity index (χ0n) is 13.9. The van der Waals surface area contributed by atoms with Gasteiger partial charge in [0.05, 0.1) is 17.9 Å². The maximum atomic E-state index is 12.8. The molecule has 2 atom stereocenters. The van der Waals surface area contributed by atoms with Crippen LogP contribution in [-0.4, -0.2) is 23.7 Å². The number of ether oxygens (including phenoxy) is 1. The first-order chi connectivity index (χ1) is 9.91. The van der Waals surface area contributed by atoms with Crippen LogP contribution in [0.3, 0.4) is 0 Å². The van der Waals surface area contributed by atoms with Crippen molar-refractivity contribution in [1.82, 2.24) is 0 Å². The number of carboxylic acids is 1. The molecule has 122 valence electrons. The second-order valence-corrected chi connectivity index (χ2v) is 6.51. The molecule has 4 nitrogen and oxygen atoms in total. The fourth-order valence-corrected chi connectivity index (χ4v) is 4.18. The summed E-state index contributed by atoms with van der Waals surface area (Å²) in [6.45, 7) is 7.81. The average molecular weight is 298 g/mol. The van der Waals surface area contributed by atoms with Crippen LogP contribution in [0.25, 0.3) is 0 Å². The molecule has 0 spiro atoms. The van der Waals surface area contributed by atoms with Gasteiger partial charge in [-0.2, -0.15) is 0 Å². The maximum Gasteiger partial charge on any atom is 0.313 e. The largest absolute Gasteiger partial charge is 0.481 e. The van der Waals surface area contributed by atoms with Crippen molar-refractivity contribution in [2.24, 2.45) is 23.2 Å². The van der Waals surface area contributed by atoms with Crippen molar-refractivity contribution in [3.05, 3.63) is 0 Å². The van der Waals surface area contributed by atoms with E-state index < -0.39 is 17.3 Å². The number of hydrogen-bond acceptors (Lipinski definition) is 3. The van der Waals surface area contributed by atoms with Gasteiger partial charge in [-0.25, -0.2) is 0 Å². The molecule has 1 fully saturated rings. The molecular formula is C17H30O4. The number of carbonyl (C=O) groups is 2. The second-order valence-electron chi connectivity index (χ2n) is 6.51. The Balaban J connectivity index is 3.28. The Labute approximate surface area is 128 Å². The molecule has 0 heterocycles. The van der Waals surface area contributed by atoms with Gasteiger partial charge in [0.25, 0.3) is 0 Å². The van der Waals surface area contributed by atoms with Crippen LogP contribution in [-0.2, 0) is 14.3 Å². The highest BCUT2D eigenvalue weighted by Crippen LogP contribution is 2.49. The van der Waals surface area contributed by atoms with E-state index >= 15 is 0 Å². The summed E-state index contributed by atoms with van der Waals surface area (Å²) in [5.41, 5.74) is -0.879. The van der Waals surface area contributed by atoms with Crippen molar-refractivity contribution in [2.45, 2.75) is 66.2 Å². The van der Waals surface area contributed by atoms with Crippen LogP contribution < -0.4 is 0 Å². The number of hydrogen-bond donors (Lipinski definition) is 1. The Morgan fingerprint density at radius 2 is 1.76 bits per heavy atom. The van der Waals surface area contributed by atoms with Crippen LogP contribution >= 0.6 is 0 Å². The predicted molar refractivity (Wildman–Crippen MR) is 81.9 cm³/mol. The third-order valence-corrected chi connectivity index (χ3v) is 5.06. The number of esters is 1. The maximum absolute atomic E-state index is 12.8. The molecule has 0 bridgehead atoms. The molecular weight excluding hydrogens is 268 g/mol. The van der Waals surface area contributed by atoms with Gasteiger partial charge in [-0.3, -0.25) is 9.59 Å². The summed E-state index contributed by atoms with van der Waals surface area (Å²) in [6.07, 6.45) is 5.74. The lowest BCUT2D eigenvalue weighted by Gasteiger charge is -2.45. The summed E-state index contributed by atoms with van der Waals surface area (Å²) in [7, 11) is 0. The lowest BCUT2D eigenvalue weighted by atomic mass is 9.58. The molecule has 4 heteroatoms. The topological polar surface area (TPSA) is 63.6 Å². The van der Waals surface area contributed by atoms with Gasteiger partial charge < -0.3 is 9.84 Å². The Kier molecular flexibility index (Phi) is 6.69. The molecule has 0 amide bonds. The minimum atomic E-state index is -0.879. The average Bonchev–Trinajstić information content (AvgIpc) is 2.44. The first-order valence-corrected chi connectivity index (χ1v) is 8.31. The lowest BCUT2D eigenvalue weighted by molar-refractivity contribution is -0.177. The summed E-state index contributed by atoms with van der Waals surface area (Å²) in [6, 6.07) is 0. The van der Waals surface area contributed by atoms with Gasteiger partial charge in [0.2, 0.25) is 0 Å².